The van der Waals surface area contributed by atoms with Crippen LogP contribution in [0.4, 0.5) is 74.6 Å². The molecule has 0 heterocycles. The van der Waals surface area contributed by atoms with Crippen LogP contribution in [-0.2, 0) is 4.74 Å². The van der Waals surface area contributed by atoms with Crippen molar-refractivity contribution in [2.75, 3.05) is 13.2 Å². The first-order valence-corrected chi connectivity index (χ1v) is 9.34. The van der Waals surface area contributed by atoms with Crippen molar-refractivity contribution in [3.63, 3.8) is 0 Å². The topological polar surface area (TPSA) is 9.23 Å². The number of benzene rings is 1. The fourth-order valence-electron chi connectivity index (χ4n) is 2.56. The Labute approximate surface area is 195 Å². The Kier molecular flexibility index (Phi) is 8.67. The van der Waals surface area contributed by atoms with E-state index in [1.807, 2.05) is 0 Å². The Balaban J connectivity index is 3.73. The van der Waals surface area contributed by atoms with E-state index in [0.717, 1.165) is 24.3 Å². The molecule has 0 aliphatic rings. The Hall–Kier alpha value is -2.27. The van der Waals surface area contributed by atoms with Crippen LogP contribution < -0.4 is 0 Å². The Morgan fingerprint density at radius 2 is 0.973 bits per heavy atom. The number of halogens is 17. The van der Waals surface area contributed by atoms with Crippen molar-refractivity contribution in [2.24, 2.45) is 0 Å². The molecule has 0 bridgehead atoms. The van der Waals surface area contributed by atoms with Crippen LogP contribution in [0.3, 0.4) is 0 Å². The van der Waals surface area contributed by atoms with Gasteiger partial charge in [0.25, 0.3) is 0 Å². The zero-order valence-corrected chi connectivity index (χ0v) is 17.7. The molecule has 0 unspecified atom stereocenters. The van der Waals surface area contributed by atoms with E-state index in [0.29, 0.717) is 0 Å². The first-order chi connectivity index (χ1) is 16.3. The van der Waals surface area contributed by atoms with Gasteiger partial charge in [0.15, 0.2) is 0 Å². The maximum Gasteiger partial charge on any atom is 0.460 e. The first kappa shape index (κ1) is 32.8. The lowest BCUT2D eigenvalue weighted by molar-refractivity contribution is -0.459. The van der Waals surface area contributed by atoms with Gasteiger partial charge in [0.1, 0.15) is 0 Å². The lowest BCUT2D eigenvalue weighted by atomic mass is 9.88. The molecule has 1 rings (SSSR count). The third kappa shape index (κ3) is 5.08. The number of hydrogen-bond donors (Lipinski definition) is 0. The molecule has 37 heavy (non-hydrogen) atoms. The van der Waals surface area contributed by atoms with Gasteiger partial charge in [-0.25, -0.2) is 0 Å². The molecule has 0 saturated heterocycles. The molecule has 1 aromatic rings. The van der Waals surface area contributed by atoms with Gasteiger partial charge in [-0.05, 0) is 24.1 Å². The van der Waals surface area contributed by atoms with Gasteiger partial charge in [0.2, 0.25) is 0 Å². The van der Waals surface area contributed by atoms with Gasteiger partial charge in [0, 0.05) is 6.61 Å². The largest absolute Gasteiger partial charge is 0.460 e. The summed E-state index contributed by atoms with van der Waals surface area (Å²) in [6.45, 7) is -0.196. The van der Waals surface area contributed by atoms with E-state index >= 15 is 0 Å². The third-order valence-corrected chi connectivity index (χ3v) is 4.71. The van der Waals surface area contributed by atoms with Crippen molar-refractivity contribution in [3.8, 4) is 0 Å². The van der Waals surface area contributed by atoms with Crippen LogP contribution in [0, 0.1) is 0 Å². The smallest absolute Gasteiger partial charge is 0.377 e. The summed E-state index contributed by atoms with van der Waals surface area (Å²) < 4.78 is 232. The number of allylic oxidation sites excluding steroid dienone is 1. The van der Waals surface area contributed by atoms with Crippen LogP contribution in [0.5, 0.6) is 0 Å². The van der Waals surface area contributed by atoms with E-state index in [4.69, 9.17) is 0 Å². The lowest BCUT2D eigenvalue weighted by Crippen LogP contribution is -2.74. The van der Waals surface area contributed by atoms with Crippen LogP contribution >= 0.6 is 0 Å². The summed E-state index contributed by atoms with van der Waals surface area (Å²) in [6, 6.07) is 5.18. The lowest BCUT2D eigenvalue weighted by Gasteiger charge is -2.42. The minimum Gasteiger partial charge on any atom is -0.377 e. The van der Waals surface area contributed by atoms with Gasteiger partial charge in [0.05, 0.1) is 6.61 Å². The standard InChI is InChI=1S/C19H13F17O/c1-2-37-9-11(10-6-4-3-5-7-10)8-12(20,21)13(22,23)14(24,25)15(26,27)16(28,29)17(30,31)18(32,33)19(34,35)36/h3-8H,2,9H2,1H3. The number of ether oxygens (including phenoxy) is 1. The molecule has 1 nitrogen and oxygen atoms in total. The summed E-state index contributed by atoms with van der Waals surface area (Å²) in [5, 5.41) is 0. The Bertz CT molecular complexity index is 947. The highest BCUT2D eigenvalue weighted by atomic mass is 19.4. The van der Waals surface area contributed by atoms with Gasteiger partial charge < -0.3 is 4.74 Å². The molecule has 214 valence electrons. The molecular weight excluding hydrogens is 567 g/mol. The van der Waals surface area contributed by atoms with Crippen molar-refractivity contribution in [2.45, 2.75) is 54.6 Å². The molecule has 0 aliphatic carbocycles. The number of hydrogen-bond acceptors (Lipinski definition) is 1. The molecule has 0 radical (unpaired) electrons. The maximum absolute atomic E-state index is 14.2. The molecule has 0 aromatic heterocycles. The molecule has 0 amide bonds. The molecule has 0 aliphatic heterocycles. The highest BCUT2D eigenvalue weighted by Gasteiger charge is 2.95. The van der Waals surface area contributed by atoms with Crippen molar-refractivity contribution in [1.82, 2.24) is 0 Å². The predicted octanol–water partition coefficient (Wildman–Crippen LogP) is 8.12. The van der Waals surface area contributed by atoms with E-state index in [1.54, 1.807) is 0 Å². The number of rotatable bonds is 11. The van der Waals surface area contributed by atoms with Gasteiger partial charge in [-0.15, -0.1) is 0 Å². The maximum atomic E-state index is 14.2. The highest BCUT2D eigenvalue weighted by Crippen LogP contribution is 2.64. The normalized spacial score (nSPS) is 15.8. The van der Waals surface area contributed by atoms with E-state index in [1.165, 1.54) is 13.0 Å². The molecule has 0 atom stereocenters. The summed E-state index contributed by atoms with van der Waals surface area (Å²) in [4.78, 5) is 0. The van der Waals surface area contributed by atoms with E-state index in [-0.39, 0.29) is 6.61 Å². The zero-order valence-electron chi connectivity index (χ0n) is 17.7. The second kappa shape index (κ2) is 9.80. The van der Waals surface area contributed by atoms with Crippen molar-refractivity contribution < 1.29 is 79.4 Å². The van der Waals surface area contributed by atoms with E-state index in [9.17, 15) is 74.6 Å². The van der Waals surface area contributed by atoms with Crippen LogP contribution in [0.15, 0.2) is 36.4 Å². The second-order valence-electron chi connectivity index (χ2n) is 7.24. The van der Waals surface area contributed by atoms with E-state index in [2.05, 4.69) is 4.74 Å². The van der Waals surface area contributed by atoms with Crippen LogP contribution in [0.2, 0.25) is 0 Å². The van der Waals surface area contributed by atoms with Crippen molar-refractivity contribution in [1.29, 1.82) is 0 Å². The minimum atomic E-state index is -8.65. The van der Waals surface area contributed by atoms with Crippen LogP contribution in [0.25, 0.3) is 5.57 Å². The van der Waals surface area contributed by atoms with Crippen molar-refractivity contribution in [3.05, 3.63) is 42.0 Å². The summed E-state index contributed by atoms with van der Waals surface area (Å²) >= 11 is 0. The van der Waals surface area contributed by atoms with Gasteiger partial charge >= 0.3 is 47.6 Å². The Morgan fingerprint density at radius 1 is 0.595 bits per heavy atom. The zero-order chi connectivity index (χ0) is 29.5. The molecule has 0 spiro atoms. The molecule has 0 saturated carbocycles. The summed E-state index contributed by atoms with van der Waals surface area (Å²) in [7, 11) is 0. The van der Waals surface area contributed by atoms with Gasteiger partial charge in [-0.3, -0.25) is 0 Å². The fraction of sp³-hybridized carbons (Fsp3) is 0.579. The monoisotopic (exact) mass is 580 g/mol. The second-order valence-corrected chi connectivity index (χ2v) is 7.24. The summed E-state index contributed by atoms with van der Waals surface area (Å²) in [5.41, 5.74) is -1.62. The quantitative estimate of drug-likeness (QED) is 0.241. The van der Waals surface area contributed by atoms with Gasteiger partial charge in [-0.1, -0.05) is 30.3 Å². The number of alkyl halides is 17. The summed E-state index contributed by atoms with van der Waals surface area (Å²) in [5.74, 6) is -56.7. The average Bonchev–Trinajstić information content (AvgIpc) is 2.75. The highest BCUT2D eigenvalue weighted by molar-refractivity contribution is 5.67. The Morgan fingerprint density at radius 3 is 1.35 bits per heavy atom. The predicted molar refractivity (Wildman–Crippen MR) is 91.6 cm³/mol. The first-order valence-electron chi connectivity index (χ1n) is 9.34. The van der Waals surface area contributed by atoms with E-state index < -0.39 is 71.5 Å². The fourth-order valence-corrected chi connectivity index (χ4v) is 2.56. The molecule has 1 aromatic carbocycles. The van der Waals surface area contributed by atoms with Gasteiger partial charge in [-0.2, -0.15) is 74.6 Å². The minimum absolute atomic E-state index is 0.324. The molecule has 18 heteroatoms. The molecule has 0 fully saturated rings. The SMILES string of the molecule is CCOCC(=CC(F)(F)C(F)(F)C(F)(F)C(F)(F)C(F)(F)C(F)(F)C(F)(F)C(F)(F)F)c1ccccc1. The van der Waals surface area contributed by atoms with Crippen molar-refractivity contribution >= 4 is 5.57 Å². The van der Waals surface area contributed by atoms with Crippen LogP contribution in [0.1, 0.15) is 12.5 Å². The third-order valence-electron chi connectivity index (χ3n) is 4.71. The molecular formula is C19H13F17O. The average molecular weight is 580 g/mol. The van der Waals surface area contributed by atoms with Crippen LogP contribution in [-0.4, -0.2) is 60.8 Å². The summed E-state index contributed by atoms with van der Waals surface area (Å²) in [6.07, 6.45) is -8.94. The molecule has 0 N–H and O–H groups in total.